The van der Waals surface area contributed by atoms with Gasteiger partial charge < -0.3 is 15.1 Å². The quantitative estimate of drug-likeness (QED) is 0.862. The lowest BCUT2D eigenvalue weighted by Gasteiger charge is -2.21. The van der Waals surface area contributed by atoms with E-state index in [1.807, 2.05) is 0 Å². The van der Waals surface area contributed by atoms with Crippen LogP contribution in [0, 0.1) is 0 Å². The number of amides is 1. The molecular formula is C11H12ClNO4. The number of carboxylic acid groups (broad SMARTS) is 1. The van der Waals surface area contributed by atoms with E-state index in [0.717, 1.165) is 4.90 Å². The highest BCUT2D eigenvalue weighted by molar-refractivity contribution is 6.31. The number of phenolic OH excluding ortho intramolecular Hbond substituents is 1. The number of benzene rings is 1. The Hall–Kier alpha value is -1.75. The van der Waals surface area contributed by atoms with E-state index in [2.05, 4.69) is 0 Å². The first-order valence-corrected chi connectivity index (χ1v) is 5.21. The molecule has 0 aromatic heterocycles. The van der Waals surface area contributed by atoms with Crippen molar-refractivity contribution in [1.29, 1.82) is 0 Å². The number of halogens is 1. The third kappa shape index (κ3) is 2.88. The van der Waals surface area contributed by atoms with Gasteiger partial charge in [0, 0.05) is 12.1 Å². The number of hydrogen-bond donors (Lipinski definition) is 2. The standard InChI is InChI=1S/C11H12ClNO4/c1-6(11(16)17)13(2)10(15)8-5-7(12)3-4-9(8)14/h3-6,14H,1-2H3,(H,16,17). The van der Waals surface area contributed by atoms with E-state index in [1.54, 1.807) is 0 Å². The van der Waals surface area contributed by atoms with Gasteiger partial charge in [-0.15, -0.1) is 0 Å². The van der Waals surface area contributed by atoms with Crippen molar-refractivity contribution in [2.24, 2.45) is 0 Å². The molecule has 0 saturated carbocycles. The number of carboxylic acids is 1. The summed E-state index contributed by atoms with van der Waals surface area (Å²) >= 11 is 5.71. The summed E-state index contributed by atoms with van der Waals surface area (Å²) in [6.07, 6.45) is 0. The Kier molecular flexibility index (Phi) is 3.96. The third-order valence-electron chi connectivity index (χ3n) is 2.45. The van der Waals surface area contributed by atoms with Gasteiger partial charge in [0.15, 0.2) is 0 Å². The normalized spacial score (nSPS) is 11.9. The molecule has 0 bridgehead atoms. The smallest absolute Gasteiger partial charge is 0.326 e. The summed E-state index contributed by atoms with van der Waals surface area (Å²) in [5.41, 5.74) is -0.0203. The van der Waals surface area contributed by atoms with Crippen molar-refractivity contribution in [2.45, 2.75) is 13.0 Å². The number of aliphatic carboxylic acids is 1. The largest absolute Gasteiger partial charge is 0.507 e. The number of likely N-dealkylation sites (N-methyl/N-ethyl adjacent to an activating group) is 1. The van der Waals surface area contributed by atoms with Crippen LogP contribution < -0.4 is 0 Å². The van der Waals surface area contributed by atoms with Crippen LogP contribution in [0.3, 0.4) is 0 Å². The molecule has 0 heterocycles. The maximum Gasteiger partial charge on any atom is 0.326 e. The lowest BCUT2D eigenvalue weighted by Crippen LogP contribution is -2.40. The van der Waals surface area contributed by atoms with Crippen molar-refractivity contribution in [3.8, 4) is 5.75 Å². The lowest BCUT2D eigenvalue weighted by molar-refractivity contribution is -0.141. The minimum atomic E-state index is -1.12. The number of carbonyl (C=O) groups is 2. The van der Waals surface area contributed by atoms with Crippen LogP contribution in [-0.2, 0) is 4.79 Å². The summed E-state index contributed by atoms with van der Waals surface area (Å²) in [5.74, 6) is -1.95. The fourth-order valence-corrected chi connectivity index (χ4v) is 1.38. The molecule has 1 unspecified atom stereocenters. The summed E-state index contributed by atoms with van der Waals surface area (Å²) in [6.45, 7) is 1.38. The fourth-order valence-electron chi connectivity index (χ4n) is 1.21. The SMILES string of the molecule is CC(C(=O)O)N(C)C(=O)c1cc(Cl)ccc1O. The number of rotatable bonds is 3. The molecule has 2 N–H and O–H groups in total. The van der Waals surface area contributed by atoms with E-state index in [0.29, 0.717) is 5.02 Å². The van der Waals surface area contributed by atoms with Crippen LogP contribution in [-0.4, -0.2) is 40.1 Å². The number of hydrogen-bond acceptors (Lipinski definition) is 3. The minimum absolute atomic E-state index is 0.0203. The van der Waals surface area contributed by atoms with Crippen LogP contribution in [0.2, 0.25) is 5.02 Å². The molecule has 0 fully saturated rings. The van der Waals surface area contributed by atoms with Crippen molar-refractivity contribution in [3.63, 3.8) is 0 Å². The average Bonchev–Trinajstić information content (AvgIpc) is 2.29. The Bertz CT molecular complexity index is 461. The zero-order valence-electron chi connectivity index (χ0n) is 9.35. The van der Waals surface area contributed by atoms with Crippen LogP contribution in [0.5, 0.6) is 5.75 Å². The van der Waals surface area contributed by atoms with Crippen LogP contribution in [0.4, 0.5) is 0 Å². The molecule has 1 amide bonds. The second-order valence-corrected chi connectivity index (χ2v) is 4.03. The molecule has 0 saturated heterocycles. The average molecular weight is 258 g/mol. The molecule has 0 aliphatic heterocycles. The van der Waals surface area contributed by atoms with E-state index >= 15 is 0 Å². The van der Waals surface area contributed by atoms with E-state index < -0.39 is 17.9 Å². The Balaban J connectivity index is 3.04. The van der Waals surface area contributed by atoms with Gasteiger partial charge in [0.2, 0.25) is 0 Å². The Morgan fingerprint density at radius 1 is 1.41 bits per heavy atom. The predicted octanol–water partition coefficient (Wildman–Crippen LogP) is 1.59. The van der Waals surface area contributed by atoms with Gasteiger partial charge in [0.05, 0.1) is 5.56 Å². The summed E-state index contributed by atoms with van der Waals surface area (Å²) in [5, 5.41) is 18.6. The number of aromatic hydroxyl groups is 1. The molecule has 5 nitrogen and oxygen atoms in total. The number of phenols is 1. The molecular weight excluding hydrogens is 246 g/mol. The monoisotopic (exact) mass is 257 g/mol. The maximum absolute atomic E-state index is 11.9. The van der Waals surface area contributed by atoms with Crippen LogP contribution in [0.25, 0.3) is 0 Å². The van der Waals surface area contributed by atoms with E-state index in [4.69, 9.17) is 16.7 Å². The highest BCUT2D eigenvalue weighted by Gasteiger charge is 2.24. The van der Waals surface area contributed by atoms with Crippen molar-refractivity contribution < 1.29 is 19.8 Å². The molecule has 1 rings (SSSR count). The maximum atomic E-state index is 11.9. The zero-order valence-corrected chi connectivity index (χ0v) is 10.1. The van der Waals surface area contributed by atoms with Gasteiger partial charge in [-0.3, -0.25) is 4.79 Å². The molecule has 0 spiro atoms. The van der Waals surface area contributed by atoms with Crippen molar-refractivity contribution in [3.05, 3.63) is 28.8 Å². The highest BCUT2D eigenvalue weighted by Crippen LogP contribution is 2.23. The Morgan fingerprint density at radius 2 is 2.00 bits per heavy atom. The fraction of sp³-hybridized carbons (Fsp3) is 0.273. The molecule has 0 aliphatic carbocycles. The summed E-state index contributed by atoms with van der Waals surface area (Å²) in [7, 11) is 1.35. The van der Waals surface area contributed by atoms with E-state index in [9.17, 15) is 14.7 Å². The van der Waals surface area contributed by atoms with Gasteiger partial charge in [-0.2, -0.15) is 0 Å². The van der Waals surface area contributed by atoms with Crippen LogP contribution >= 0.6 is 11.6 Å². The second kappa shape index (κ2) is 5.05. The van der Waals surface area contributed by atoms with Gasteiger partial charge >= 0.3 is 5.97 Å². The highest BCUT2D eigenvalue weighted by atomic mass is 35.5. The first-order valence-electron chi connectivity index (χ1n) is 4.83. The second-order valence-electron chi connectivity index (χ2n) is 3.59. The Labute approximate surface area is 103 Å². The van der Waals surface area contributed by atoms with Crippen LogP contribution in [0.15, 0.2) is 18.2 Å². The van der Waals surface area contributed by atoms with Crippen LogP contribution in [0.1, 0.15) is 17.3 Å². The summed E-state index contributed by atoms with van der Waals surface area (Å²) in [6, 6.07) is 3.04. The molecule has 17 heavy (non-hydrogen) atoms. The first kappa shape index (κ1) is 13.3. The topological polar surface area (TPSA) is 77.8 Å². The molecule has 0 aliphatic rings. The minimum Gasteiger partial charge on any atom is -0.507 e. The number of carbonyl (C=O) groups excluding carboxylic acids is 1. The van der Waals surface area contributed by atoms with Crippen molar-refractivity contribution in [1.82, 2.24) is 4.90 Å². The molecule has 6 heteroatoms. The molecule has 1 aromatic rings. The third-order valence-corrected chi connectivity index (χ3v) is 2.68. The predicted molar refractivity (Wildman–Crippen MR) is 62.3 cm³/mol. The van der Waals surface area contributed by atoms with Gasteiger partial charge in [-0.05, 0) is 25.1 Å². The summed E-state index contributed by atoms with van der Waals surface area (Å²) < 4.78 is 0. The van der Waals surface area contributed by atoms with Crippen molar-refractivity contribution >= 4 is 23.5 Å². The zero-order chi connectivity index (χ0) is 13.2. The number of nitrogens with zero attached hydrogens (tertiary/aromatic N) is 1. The van der Waals surface area contributed by atoms with Crippen molar-refractivity contribution in [2.75, 3.05) is 7.05 Å². The summed E-state index contributed by atoms with van der Waals surface area (Å²) in [4.78, 5) is 23.7. The Morgan fingerprint density at radius 3 is 2.53 bits per heavy atom. The van der Waals surface area contributed by atoms with E-state index in [1.165, 1.54) is 32.2 Å². The van der Waals surface area contributed by atoms with Gasteiger partial charge in [0.1, 0.15) is 11.8 Å². The van der Waals surface area contributed by atoms with Gasteiger partial charge in [0.25, 0.3) is 5.91 Å². The first-order chi connectivity index (χ1) is 7.84. The molecule has 1 atom stereocenters. The molecule has 92 valence electrons. The van der Waals surface area contributed by atoms with Gasteiger partial charge in [-0.1, -0.05) is 11.6 Å². The molecule has 0 radical (unpaired) electrons. The molecule has 1 aromatic carbocycles. The van der Waals surface area contributed by atoms with E-state index in [-0.39, 0.29) is 11.3 Å². The van der Waals surface area contributed by atoms with Gasteiger partial charge in [-0.25, -0.2) is 4.79 Å². The lowest BCUT2D eigenvalue weighted by atomic mass is 10.1.